The Bertz CT molecular complexity index is 294. The fourth-order valence-electron chi connectivity index (χ4n) is 1.45. The SMILES string of the molecule is CCC(CO)NC(=O)CCCc1cccs1. The summed E-state index contributed by atoms with van der Waals surface area (Å²) in [7, 11) is 0. The summed E-state index contributed by atoms with van der Waals surface area (Å²) in [5.74, 6) is 0.0393. The molecule has 0 aliphatic heterocycles. The van der Waals surface area contributed by atoms with Crippen molar-refractivity contribution in [2.75, 3.05) is 6.61 Å². The van der Waals surface area contributed by atoms with E-state index in [1.54, 1.807) is 11.3 Å². The van der Waals surface area contributed by atoms with Gasteiger partial charge in [-0.1, -0.05) is 13.0 Å². The average Bonchev–Trinajstić information content (AvgIpc) is 2.79. The Balaban J connectivity index is 2.15. The Kier molecular flexibility index (Phi) is 6.11. The monoisotopic (exact) mass is 241 g/mol. The number of hydrogen-bond donors (Lipinski definition) is 2. The zero-order chi connectivity index (χ0) is 11.8. The highest BCUT2D eigenvalue weighted by molar-refractivity contribution is 7.09. The minimum absolute atomic E-state index is 0.0210. The second-order valence-corrected chi connectivity index (χ2v) is 4.82. The number of rotatable bonds is 7. The van der Waals surface area contributed by atoms with Crippen molar-refractivity contribution in [1.82, 2.24) is 5.32 Å². The molecule has 16 heavy (non-hydrogen) atoms. The van der Waals surface area contributed by atoms with Crippen LogP contribution in [0.25, 0.3) is 0 Å². The molecule has 1 aromatic heterocycles. The highest BCUT2D eigenvalue weighted by Gasteiger charge is 2.08. The fraction of sp³-hybridized carbons (Fsp3) is 0.583. The largest absolute Gasteiger partial charge is 0.394 e. The minimum Gasteiger partial charge on any atom is -0.394 e. The quantitative estimate of drug-likeness (QED) is 0.766. The molecule has 1 rings (SSSR count). The van der Waals surface area contributed by atoms with Gasteiger partial charge in [0.05, 0.1) is 12.6 Å². The molecule has 0 fully saturated rings. The van der Waals surface area contributed by atoms with E-state index < -0.39 is 0 Å². The highest BCUT2D eigenvalue weighted by atomic mass is 32.1. The molecule has 0 aliphatic carbocycles. The van der Waals surface area contributed by atoms with Crippen LogP contribution in [0.5, 0.6) is 0 Å². The van der Waals surface area contributed by atoms with E-state index in [0.717, 1.165) is 19.3 Å². The third-order valence-corrected chi connectivity index (χ3v) is 3.42. The van der Waals surface area contributed by atoms with Gasteiger partial charge in [0.15, 0.2) is 0 Å². The summed E-state index contributed by atoms with van der Waals surface area (Å²) in [5.41, 5.74) is 0. The summed E-state index contributed by atoms with van der Waals surface area (Å²) in [4.78, 5) is 12.8. The van der Waals surface area contributed by atoms with Crippen molar-refractivity contribution in [2.45, 2.75) is 38.6 Å². The third kappa shape index (κ3) is 4.77. The van der Waals surface area contributed by atoms with Crippen molar-refractivity contribution < 1.29 is 9.90 Å². The first-order chi connectivity index (χ1) is 7.76. The van der Waals surface area contributed by atoms with E-state index in [1.165, 1.54) is 4.88 Å². The van der Waals surface area contributed by atoms with Gasteiger partial charge in [0.2, 0.25) is 5.91 Å². The molecule has 0 spiro atoms. The summed E-state index contributed by atoms with van der Waals surface area (Å²) in [6, 6.07) is 4.03. The van der Waals surface area contributed by atoms with E-state index in [2.05, 4.69) is 11.4 Å². The van der Waals surface area contributed by atoms with Crippen molar-refractivity contribution in [3.63, 3.8) is 0 Å². The molecule has 0 bridgehead atoms. The first-order valence-corrected chi connectivity index (χ1v) is 6.56. The molecule has 1 atom stereocenters. The number of amides is 1. The van der Waals surface area contributed by atoms with E-state index in [-0.39, 0.29) is 18.6 Å². The number of nitrogens with one attached hydrogen (secondary N) is 1. The Hall–Kier alpha value is -0.870. The van der Waals surface area contributed by atoms with E-state index in [0.29, 0.717) is 6.42 Å². The Morgan fingerprint density at radius 1 is 1.62 bits per heavy atom. The van der Waals surface area contributed by atoms with Gasteiger partial charge in [0.25, 0.3) is 0 Å². The Morgan fingerprint density at radius 2 is 2.44 bits per heavy atom. The molecule has 0 saturated carbocycles. The molecule has 4 heteroatoms. The molecule has 0 aliphatic rings. The zero-order valence-corrected chi connectivity index (χ0v) is 10.4. The van der Waals surface area contributed by atoms with E-state index in [4.69, 9.17) is 5.11 Å². The molecular weight excluding hydrogens is 222 g/mol. The maximum Gasteiger partial charge on any atom is 0.220 e. The molecular formula is C12H19NO2S. The van der Waals surface area contributed by atoms with Crippen molar-refractivity contribution >= 4 is 17.2 Å². The number of aryl methyl sites for hydroxylation is 1. The number of carbonyl (C=O) groups excluding carboxylic acids is 1. The van der Waals surface area contributed by atoms with Gasteiger partial charge in [-0.25, -0.2) is 0 Å². The average molecular weight is 241 g/mol. The van der Waals surface area contributed by atoms with Gasteiger partial charge in [0, 0.05) is 11.3 Å². The summed E-state index contributed by atoms with van der Waals surface area (Å²) < 4.78 is 0. The van der Waals surface area contributed by atoms with Crippen molar-refractivity contribution in [3.05, 3.63) is 22.4 Å². The predicted octanol–water partition coefficient (Wildman–Crippen LogP) is 1.96. The van der Waals surface area contributed by atoms with Crippen LogP contribution in [-0.2, 0) is 11.2 Å². The normalized spacial score (nSPS) is 12.4. The molecule has 1 heterocycles. The van der Waals surface area contributed by atoms with Crippen molar-refractivity contribution in [3.8, 4) is 0 Å². The van der Waals surface area contributed by atoms with E-state index >= 15 is 0 Å². The van der Waals surface area contributed by atoms with Crippen LogP contribution < -0.4 is 5.32 Å². The van der Waals surface area contributed by atoms with Crippen LogP contribution in [0.1, 0.15) is 31.1 Å². The third-order valence-electron chi connectivity index (χ3n) is 2.49. The summed E-state index contributed by atoms with van der Waals surface area (Å²) in [6.45, 7) is 1.97. The maximum atomic E-state index is 11.5. The van der Waals surface area contributed by atoms with Gasteiger partial charge in [-0.05, 0) is 30.7 Å². The number of aliphatic hydroxyl groups is 1. The molecule has 90 valence electrons. The number of carbonyl (C=O) groups is 1. The van der Waals surface area contributed by atoms with Crippen molar-refractivity contribution in [1.29, 1.82) is 0 Å². The molecule has 2 N–H and O–H groups in total. The highest BCUT2D eigenvalue weighted by Crippen LogP contribution is 2.11. The Morgan fingerprint density at radius 3 is 3.00 bits per heavy atom. The van der Waals surface area contributed by atoms with Crippen LogP contribution >= 0.6 is 11.3 Å². The predicted molar refractivity (Wildman–Crippen MR) is 66.6 cm³/mol. The summed E-state index contributed by atoms with van der Waals surface area (Å²) >= 11 is 1.73. The van der Waals surface area contributed by atoms with E-state index in [9.17, 15) is 4.79 Å². The number of hydrogen-bond acceptors (Lipinski definition) is 3. The molecule has 1 amide bonds. The van der Waals surface area contributed by atoms with Crippen LogP contribution in [0.3, 0.4) is 0 Å². The number of thiophene rings is 1. The van der Waals surface area contributed by atoms with E-state index in [1.807, 2.05) is 18.4 Å². The fourth-order valence-corrected chi connectivity index (χ4v) is 2.21. The van der Waals surface area contributed by atoms with Crippen LogP contribution in [0.2, 0.25) is 0 Å². The first-order valence-electron chi connectivity index (χ1n) is 5.68. The number of aliphatic hydroxyl groups excluding tert-OH is 1. The summed E-state index contributed by atoms with van der Waals surface area (Å²) in [5, 5.41) is 13.8. The lowest BCUT2D eigenvalue weighted by Crippen LogP contribution is -2.36. The molecule has 0 saturated heterocycles. The summed E-state index contributed by atoms with van der Waals surface area (Å²) in [6.07, 6.45) is 3.14. The van der Waals surface area contributed by atoms with Gasteiger partial charge in [0.1, 0.15) is 0 Å². The molecule has 1 unspecified atom stereocenters. The lowest BCUT2D eigenvalue weighted by molar-refractivity contribution is -0.122. The smallest absolute Gasteiger partial charge is 0.220 e. The maximum absolute atomic E-state index is 11.5. The molecule has 0 radical (unpaired) electrons. The van der Waals surface area contributed by atoms with Crippen LogP contribution in [0.4, 0.5) is 0 Å². The second kappa shape index (κ2) is 7.41. The first kappa shape index (κ1) is 13.2. The lowest BCUT2D eigenvalue weighted by Gasteiger charge is -2.13. The standard InChI is InChI=1S/C12H19NO2S/c1-2-10(9-14)13-12(15)7-3-5-11-6-4-8-16-11/h4,6,8,10,14H,2-3,5,7,9H2,1H3,(H,13,15). The zero-order valence-electron chi connectivity index (χ0n) is 9.61. The van der Waals surface area contributed by atoms with Gasteiger partial charge in [-0.2, -0.15) is 0 Å². The van der Waals surface area contributed by atoms with Gasteiger partial charge >= 0.3 is 0 Å². The Labute approximate surface area is 100 Å². The van der Waals surface area contributed by atoms with Crippen LogP contribution in [0, 0.1) is 0 Å². The topological polar surface area (TPSA) is 49.3 Å². The molecule has 3 nitrogen and oxygen atoms in total. The van der Waals surface area contributed by atoms with Crippen molar-refractivity contribution in [2.24, 2.45) is 0 Å². The van der Waals surface area contributed by atoms with Gasteiger partial charge in [-0.3, -0.25) is 4.79 Å². The molecule has 0 aromatic carbocycles. The minimum atomic E-state index is -0.0887. The van der Waals surface area contributed by atoms with Crippen LogP contribution in [0.15, 0.2) is 17.5 Å². The molecule has 1 aromatic rings. The van der Waals surface area contributed by atoms with Gasteiger partial charge in [-0.15, -0.1) is 11.3 Å². The van der Waals surface area contributed by atoms with Gasteiger partial charge < -0.3 is 10.4 Å². The lowest BCUT2D eigenvalue weighted by atomic mass is 10.2. The van der Waals surface area contributed by atoms with Crippen LogP contribution in [-0.4, -0.2) is 23.7 Å². The second-order valence-electron chi connectivity index (χ2n) is 3.79.